The number of benzene rings is 1. The zero-order valence-electron chi connectivity index (χ0n) is 12.6. The Kier molecular flexibility index (Phi) is 12.3. The Hall–Kier alpha value is -1.04. The van der Waals surface area contributed by atoms with Gasteiger partial charge in [0, 0.05) is 0 Å². The number of rotatable bonds is 4. The molecule has 0 aliphatic heterocycles. The van der Waals surface area contributed by atoms with E-state index in [4.69, 9.17) is 0 Å². The minimum absolute atomic E-state index is 0.260. The van der Waals surface area contributed by atoms with Gasteiger partial charge in [-0.25, -0.2) is 0 Å². The van der Waals surface area contributed by atoms with Gasteiger partial charge in [-0.1, -0.05) is 78.0 Å². The summed E-state index contributed by atoms with van der Waals surface area (Å²) in [6, 6.07) is 10.6. The van der Waals surface area contributed by atoms with E-state index in [0.717, 1.165) is 6.42 Å². The van der Waals surface area contributed by atoms with Crippen LogP contribution in [0.4, 0.5) is 0 Å². The van der Waals surface area contributed by atoms with Gasteiger partial charge in [0.05, 0.1) is 0 Å². The first-order chi connectivity index (χ1) is 8.14. The fraction of sp³-hybridized carbons (Fsp3) is 0.529. The smallest absolute Gasteiger partial charge is 0.0174 e. The molecule has 0 radical (unpaired) electrons. The second-order valence-corrected chi connectivity index (χ2v) is 4.18. The van der Waals surface area contributed by atoms with E-state index in [2.05, 4.69) is 50.8 Å². The topological polar surface area (TPSA) is 0 Å². The van der Waals surface area contributed by atoms with Crippen molar-refractivity contribution in [1.82, 2.24) is 0 Å². The fourth-order valence-corrected chi connectivity index (χ4v) is 1.21. The molecule has 0 aliphatic carbocycles. The van der Waals surface area contributed by atoms with Crippen LogP contribution in [0.3, 0.4) is 0 Å². The molecule has 0 nitrogen and oxygen atoms in total. The molecule has 98 valence electrons. The normalized spacial score (nSPS) is 9.29. The van der Waals surface area contributed by atoms with Crippen LogP contribution in [0.1, 0.15) is 53.5 Å². The summed E-state index contributed by atoms with van der Waals surface area (Å²) >= 11 is 0. The SMILES string of the molecule is C=CC(C)(C)CCc1ccccc1.CC.CC. The summed E-state index contributed by atoms with van der Waals surface area (Å²) < 4.78 is 0. The van der Waals surface area contributed by atoms with Crippen molar-refractivity contribution in [1.29, 1.82) is 0 Å². The molecule has 0 unspecified atom stereocenters. The van der Waals surface area contributed by atoms with E-state index < -0.39 is 0 Å². The highest BCUT2D eigenvalue weighted by molar-refractivity contribution is 5.15. The second-order valence-electron chi connectivity index (χ2n) is 4.18. The van der Waals surface area contributed by atoms with Crippen LogP contribution in [0.25, 0.3) is 0 Å². The molecule has 0 aromatic heterocycles. The van der Waals surface area contributed by atoms with Crippen LogP contribution in [0, 0.1) is 5.41 Å². The standard InChI is InChI=1S/C13H18.2C2H6/c1-4-13(2,3)11-10-12-8-6-5-7-9-12;2*1-2/h4-9H,1,10-11H2,2-3H3;2*1-2H3. The summed E-state index contributed by atoms with van der Waals surface area (Å²) in [6.45, 7) is 16.3. The zero-order chi connectivity index (χ0) is 13.7. The van der Waals surface area contributed by atoms with Crippen LogP contribution in [0.5, 0.6) is 0 Å². The molecule has 0 amide bonds. The highest BCUT2D eigenvalue weighted by atomic mass is 14.2. The van der Waals surface area contributed by atoms with Gasteiger partial charge < -0.3 is 0 Å². The first kappa shape index (κ1) is 18.3. The van der Waals surface area contributed by atoms with Crippen molar-refractivity contribution in [3.63, 3.8) is 0 Å². The van der Waals surface area contributed by atoms with Crippen molar-refractivity contribution >= 4 is 0 Å². The summed E-state index contributed by atoms with van der Waals surface area (Å²) in [5.41, 5.74) is 1.67. The Bertz CT molecular complexity index is 257. The van der Waals surface area contributed by atoms with E-state index in [9.17, 15) is 0 Å². The Labute approximate surface area is 109 Å². The van der Waals surface area contributed by atoms with E-state index in [1.165, 1.54) is 12.0 Å². The monoisotopic (exact) mass is 234 g/mol. The Balaban J connectivity index is 0. The molecule has 1 aromatic carbocycles. The van der Waals surface area contributed by atoms with E-state index in [0.29, 0.717) is 0 Å². The molecule has 0 heterocycles. The van der Waals surface area contributed by atoms with Crippen LogP contribution in [-0.2, 0) is 6.42 Å². The maximum atomic E-state index is 3.84. The lowest BCUT2D eigenvalue weighted by molar-refractivity contribution is 0.439. The van der Waals surface area contributed by atoms with Crippen LogP contribution < -0.4 is 0 Å². The van der Waals surface area contributed by atoms with Crippen molar-refractivity contribution in [3.8, 4) is 0 Å². The second kappa shape index (κ2) is 11.4. The summed E-state index contributed by atoms with van der Waals surface area (Å²) in [4.78, 5) is 0. The summed E-state index contributed by atoms with van der Waals surface area (Å²) in [6.07, 6.45) is 4.34. The molecule has 0 spiro atoms. The molecule has 1 aromatic rings. The third-order valence-corrected chi connectivity index (χ3v) is 2.45. The minimum atomic E-state index is 0.260. The first-order valence-corrected chi connectivity index (χ1v) is 6.81. The molecule has 0 saturated carbocycles. The number of hydrogen-bond acceptors (Lipinski definition) is 0. The highest BCUT2D eigenvalue weighted by Crippen LogP contribution is 2.23. The fourth-order valence-electron chi connectivity index (χ4n) is 1.21. The first-order valence-electron chi connectivity index (χ1n) is 6.81. The van der Waals surface area contributed by atoms with Crippen LogP contribution in [-0.4, -0.2) is 0 Å². The number of hydrogen-bond donors (Lipinski definition) is 0. The van der Waals surface area contributed by atoms with E-state index >= 15 is 0 Å². The van der Waals surface area contributed by atoms with E-state index in [1.807, 2.05) is 33.8 Å². The van der Waals surface area contributed by atoms with E-state index in [1.54, 1.807) is 0 Å². The molecular formula is C17H30. The lowest BCUT2D eigenvalue weighted by Gasteiger charge is -2.19. The van der Waals surface area contributed by atoms with E-state index in [-0.39, 0.29) is 5.41 Å². The number of allylic oxidation sites excluding steroid dienone is 1. The summed E-state index contributed by atoms with van der Waals surface area (Å²) in [7, 11) is 0. The summed E-state index contributed by atoms with van der Waals surface area (Å²) in [5, 5.41) is 0. The van der Waals surface area contributed by atoms with Crippen molar-refractivity contribution in [2.45, 2.75) is 54.4 Å². The molecular weight excluding hydrogens is 204 g/mol. The predicted molar refractivity (Wildman–Crippen MR) is 81.4 cm³/mol. The molecule has 17 heavy (non-hydrogen) atoms. The highest BCUT2D eigenvalue weighted by Gasteiger charge is 2.11. The average Bonchev–Trinajstić information content (AvgIpc) is 2.42. The van der Waals surface area contributed by atoms with Crippen molar-refractivity contribution < 1.29 is 0 Å². The van der Waals surface area contributed by atoms with Gasteiger partial charge in [0.2, 0.25) is 0 Å². The summed E-state index contributed by atoms with van der Waals surface area (Å²) in [5.74, 6) is 0. The van der Waals surface area contributed by atoms with Gasteiger partial charge in [-0.2, -0.15) is 0 Å². The maximum absolute atomic E-state index is 3.84. The third kappa shape index (κ3) is 9.86. The zero-order valence-corrected chi connectivity index (χ0v) is 12.6. The maximum Gasteiger partial charge on any atom is -0.0174 e. The Morgan fingerprint density at radius 2 is 1.47 bits per heavy atom. The Morgan fingerprint density at radius 3 is 1.88 bits per heavy atom. The largest absolute Gasteiger partial charge is 0.103 e. The lowest BCUT2D eigenvalue weighted by atomic mass is 9.86. The molecule has 0 saturated heterocycles. The van der Waals surface area contributed by atoms with Crippen LogP contribution >= 0.6 is 0 Å². The molecule has 0 atom stereocenters. The van der Waals surface area contributed by atoms with Crippen molar-refractivity contribution in [2.75, 3.05) is 0 Å². The van der Waals surface area contributed by atoms with Gasteiger partial charge in [0.25, 0.3) is 0 Å². The minimum Gasteiger partial charge on any atom is -0.103 e. The molecule has 0 bridgehead atoms. The van der Waals surface area contributed by atoms with Gasteiger partial charge in [-0.3, -0.25) is 0 Å². The predicted octanol–water partition coefficient (Wildman–Crippen LogP) is 5.88. The molecule has 1 rings (SSSR count). The third-order valence-electron chi connectivity index (χ3n) is 2.45. The Morgan fingerprint density at radius 1 is 1.00 bits per heavy atom. The van der Waals surface area contributed by atoms with Gasteiger partial charge in [0.1, 0.15) is 0 Å². The quantitative estimate of drug-likeness (QED) is 0.570. The average molecular weight is 234 g/mol. The van der Waals surface area contributed by atoms with Crippen LogP contribution in [0.15, 0.2) is 43.0 Å². The lowest BCUT2D eigenvalue weighted by Crippen LogP contribution is -2.07. The molecule has 0 heteroatoms. The van der Waals surface area contributed by atoms with Gasteiger partial charge in [-0.05, 0) is 23.8 Å². The van der Waals surface area contributed by atoms with Gasteiger partial charge in [0.15, 0.2) is 0 Å². The van der Waals surface area contributed by atoms with Gasteiger partial charge in [-0.15, -0.1) is 6.58 Å². The van der Waals surface area contributed by atoms with Crippen LogP contribution in [0.2, 0.25) is 0 Å². The van der Waals surface area contributed by atoms with Crippen molar-refractivity contribution in [2.24, 2.45) is 5.41 Å². The molecule has 0 fully saturated rings. The number of aryl methyl sites for hydroxylation is 1. The molecule has 0 aliphatic rings. The molecule has 0 N–H and O–H groups in total. The van der Waals surface area contributed by atoms with Crippen molar-refractivity contribution in [3.05, 3.63) is 48.6 Å². The van der Waals surface area contributed by atoms with Gasteiger partial charge >= 0.3 is 0 Å².